The third-order valence-corrected chi connectivity index (χ3v) is 4.86. The fourth-order valence-corrected chi connectivity index (χ4v) is 3.27. The summed E-state index contributed by atoms with van der Waals surface area (Å²) >= 11 is 0. The van der Waals surface area contributed by atoms with Crippen LogP contribution >= 0.6 is 0 Å². The van der Waals surface area contributed by atoms with E-state index in [1.54, 1.807) is 4.68 Å². The number of hydrogen-bond acceptors (Lipinski definition) is 4. The fraction of sp³-hybridized carbons (Fsp3) is 0.500. The van der Waals surface area contributed by atoms with Gasteiger partial charge in [-0.25, -0.2) is 9.78 Å². The molecule has 2 N–H and O–H groups in total. The van der Waals surface area contributed by atoms with Gasteiger partial charge in [0.25, 0.3) is 0 Å². The number of aromatic nitrogens is 3. The van der Waals surface area contributed by atoms with E-state index in [0.717, 1.165) is 31.8 Å². The van der Waals surface area contributed by atoms with Crippen LogP contribution in [0.1, 0.15) is 30.3 Å². The van der Waals surface area contributed by atoms with Crippen molar-refractivity contribution in [1.82, 2.24) is 30.3 Å². The third-order valence-electron chi connectivity index (χ3n) is 4.86. The van der Waals surface area contributed by atoms with Crippen LogP contribution in [0.4, 0.5) is 4.79 Å². The average molecular weight is 342 g/mol. The van der Waals surface area contributed by atoms with Crippen molar-refractivity contribution >= 4 is 6.03 Å². The molecule has 0 fully saturated rings. The van der Waals surface area contributed by atoms with E-state index < -0.39 is 0 Å². The number of rotatable bonds is 6. The summed E-state index contributed by atoms with van der Waals surface area (Å²) in [5.74, 6) is 0.731. The van der Waals surface area contributed by atoms with Gasteiger partial charge < -0.3 is 10.6 Å². The van der Waals surface area contributed by atoms with Gasteiger partial charge in [0.05, 0.1) is 6.54 Å². The lowest BCUT2D eigenvalue weighted by Gasteiger charge is -2.35. The molecule has 0 bridgehead atoms. The van der Waals surface area contributed by atoms with Gasteiger partial charge in [-0.05, 0) is 24.0 Å². The number of fused-ring (bicyclic) bond motifs is 1. The number of hydrogen-bond donors (Lipinski definition) is 2. The summed E-state index contributed by atoms with van der Waals surface area (Å²) in [5.41, 5.74) is 2.85. The first-order valence-electron chi connectivity index (χ1n) is 8.82. The number of benzene rings is 1. The van der Waals surface area contributed by atoms with Crippen molar-refractivity contribution in [3.05, 3.63) is 47.5 Å². The molecule has 1 aromatic heterocycles. The van der Waals surface area contributed by atoms with Crippen molar-refractivity contribution in [3.63, 3.8) is 0 Å². The van der Waals surface area contributed by atoms with E-state index in [2.05, 4.69) is 56.8 Å². The zero-order valence-electron chi connectivity index (χ0n) is 14.9. The third kappa shape index (κ3) is 4.36. The van der Waals surface area contributed by atoms with Crippen LogP contribution in [-0.2, 0) is 26.6 Å². The van der Waals surface area contributed by atoms with E-state index in [1.165, 1.54) is 17.5 Å². The number of nitrogens with zero attached hydrogens (tertiary/aromatic N) is 4. The van der Waals surface area contributed by atoms with E-state index in [1.807, 2.05) is 7.05 Å². The molecular formula is C18H26N6O. The van der Waals surface area contributed by atoms with Crippen LogP contribution in [0.2, 0.25) is 0 Å². The maximum atomic E-state index is 12.1. The standard InChI is InChI=1S/C18H26N6O/c1-3-16(24-9-8-14-6-4-5-7-15(14)12-24)10-19-18(25)20-11-17-21-13-22-23(17)2/h4-7,13,16H,3,8-12H2,1-2H3,(H2,19,20,25)/t16-/m1/s1. The molecule has 1 aromatic carbocycles. The zero-order valence-corrected chi connectivity index (χ0v) is 14.9. The Bertz CT molecular complexity index is 713. The molecule has 0 saturated heterocycles. The van der Waals surface area contributed by atoms with Gasteiger partial charge in [0.1, 0.15) is 12.2 Å². The second kappa shape index (κ2) is 8.11. The van der Waals surface area contributed by atoms with E-state index in [-0.39, 0.29) is 6.03 Å². The number of carbonyl (C=O) groups excluding carboxylic acids is 1. The molecule has 134 valence electrons. The van der Waals surface area contributed by atoms with Gasteiger partial charge in [-0.1, -0.05) is 31.2 Å². The van der Waals surface area contributed by atoms with Gasteiger partial charge in [-0.3, -0.25) is 9.58 Å². The first-order chi connectivity index (χ1) is 12.2. The summed E-state index contributed by atoms with van der Waals surface area (Å²) in [6, 6.07) is 8.80. The highest BCUT2D eigenvalue weighted by molar-refractivity contribution is 5.73. The molecule has 3 rings (SSSR count). The lowest BCUT2D eigenvalue weighted by molar-refractivity contribution is 0.169. The minimum Gasteiger partial charge on any atom is -0.337 e. The molecule has 1 atom stereocenters. The number of amides is 2. The van der Waals surface area contributed by atoms with Crippen molar-refractivity contribution in [2.24, 2.45) is 7.05 Å². The van der Waals surface area contributed by atoms with Crippen LogP contribution < -0.4 is 10.6 Å². The summed E-state index contributed by atoms with van der Waals surface area (Å²) in [6.07, 6.45) is 3.56. The normalized spacial score (nSPS) is 15.4. The monoisotopic (exact) mass is 342 g/mol. The van der Waals surface area contributed by atoms with E-state index in [9.17, 15) is 4.79 Å². The molecular weight excluding hydrogens is 316 g/mol. The Kier molecular flexibility index (Phi) is 5.65. The Morgan fingerprint density at radius 2 is 2.08 bits per heavy atom. The van der Waals surface area contributed by atoms with Crippen LogP contribution in [0, 0.1) is 0 Å². The predicted molar refractivity (Wildman–Crippen MR) is 95.9 cm³/mol. The lowest BCUT2D eigenvalue weighted by Crippen LogP contribution is -2.47. The Balaban J connectivity index is 1.48. The van der Waals surface area contributed by atoms with Gasteiger partial charge in [-0.2, -0.15) is 5.10 Å². The fourth-order valence-electron chi connectivity index (χ4n) is 3.27. The molecule has 1 aliphatic rings. The van der Waals surface area contributed by atoms with Gasteiger partial charge >= 0.3 is 6.03 Å². The number of nitrogens with one attached hydrogen (secondary N) is 2. The lowest BCUT2D eigenvalue weighted by atomic mass is 9.98. The Labute approximate surface area is 148 Å². The Morgan fingerprint density at radius 3 is 2.80 bits per heavy atom. The van der Waals surface area contributed by atoms with Crippen LogP contribution in [0.5, 0.6) is 0 Å². The molecule has 0 saturated carbocycles. The van der Waals surface area contributed by atoms with Crippen LogP contribution in [-0.4, -0.2) is 44.8 Å². The topological polar surface area (TPSA) is 75.1 Å². The first-order valence-corrected chi connectivity index (χ1v) is 8.82. The van der Waals surface area contributed by atoms with Crippen molar-refractivity contribution in [2.75, 3.05) is 13.1 Å². The van der Waals surface area contributed by atoms with Gasteiger partial charge in [0.15, 0.2) is 0 Å². The van der Waals surface area contributed by atoms with Crippen molar-refractivity contribution in [3.8, 4) is 0 Å². The molecule has 2 aromatic rings. The van der Waals surface area contributed by atoms with Crippen molar-refractivity contribution < 1.29 is 4.79 Å². The highest BCUT2D eigenvalue weighted by Gasteiger charge is 2.22. The highest BCUT2D eigenvalue weighted by Crippen LogP contribution is 2.21. The Hall–Kier alpha value is -2.41. The summed E-state index contributed by atoms with van der Waals surface area (Å²) in [6.45, 7) is 5.18. The molecule has 0 radical (unpaired) electrons. The maximum absolute atomic E-state index is 12.1. The minimum atomic E-state index is -0.168. The van der Waals surface area contributed by atoms with E-state index in [4.69, 9.17) is 0 Å². The molecule has 0 aliphatic carbocycles. The minimum absolute atomic E-state index is 0.168. The SMILES string of the molecule is CC[C@H](CNC(=O)NCc1ncnn1C)N1CCc2ccccc2C1. The van der Waals surface area contributed by atoms with Gasteiger partial charge in [0.2, 0.25) is 0 Å². The number of aryl methyl sites for hydroxylation is 1. The molecule has 0 spiro atoms. The second-order valence-corrected chi connectivity index (χ2v) is 6.41. The van der Waals surface area contributed by atoms with Crippen molar-refractivity contribution in [1.29, 1.82) is 0 Å². The number of urea groups is 1. The summed E-state index contributed by atoms with van der Waals surface area (Å²) < 4.78 is 1.65. The van der Waals surface area contributed by atoms with Crippen LogP contribution in [0.15, 0.2) is 30.6 Å². The van der Waals surface area contributed by atoms with E-state index in [0.29, 0.717) is 19.1 Å². The zero-order chi connectivity index (χ0) is 17.6. The quantitative estimate of drug-likeness (QED) is 0.833. The number of carbonyl (C=O) groups is 1. The summed E-state index contributed by atoms with van der Waals surface area (Å²) in [5, 5.41) is 9.81. The van der Waals surface area contributed by atoms with Gasteiger partial charge in [0, 0.05) is 32.7 Å². The van der Waals surface area contributed by atoms with Gasteiger partial charge in [-0.15, -0.1) is 0 Å². The molecule has 7 heteroatoms. The Morgan fingerprint density at radius 1 is 1.28 bits per heavy atom. The predicted octanol–water partition coefficient (Wildman–Crippen LogP) is 1.45. The first kappa shape index (κ1) is 17.4. The van der Waals surface area contributed by atoms with Crippen LogP contribution in [0.25, 0.3) is 0 Å². The highest BCUT2D eigenvalue weighted by atomic mass is 16.2. The smallest absolute Gasteiger partial charge is 0.315 e. The molecule has 1 aliphatic heterocycles. The van der Waals surface area contributed by atoms with Crippen molar-refractivity contribution in [2.45, 2.75) is 38.9 Å². The maximum Gasteiger partial charge on any atom is 0.315 e. The van der Waals surface area contributed by atoms with Crippen LogP contribution in [0.3, 0.4) is 0 Å². The second-order valence-electron chi connectivity index (χ2n) is 6.41. The summed E-state index contributed by atoms with van der Waals surface area (Å²) in [4.78, 5) is 18.6. The summed E-state index contributed by atoms with van der Waals surface area (Å²) in [7, 11) is 1.81. The molecule has 2 amide bonds. The molecule has 7 nitrogen and oxygen atoms in total. The average Bonchev–Trinajstić information content (AvgIpc) is 3.05. The molecule has 2 heterocycles. The molecule has 25 heavy (non-hydrogen) atoms. The van der Waals surface area contributed by atoms with E-state index >= 15 is 0 Å². The largest absolute Gasteiger partial charge is 0.337 e. The molecule has 0 unspecified atom stereocenters.